The average molecular weight is 588 g/mol. The molecule has 0 radical (unpaired) electrons. The topological polar surface area (TPSA) is 103 Å². The number of amides is 1. The van der Waals surface area contributed by atoms with E-state index in [1.54, 1.807) is 19.1 Å². The number of ketones is 1. The summed E-state index contributed by atoms with van der Waals surface area (Å²) in [5.41, 5.74) is 0.793. The van der Waals surface area contributed by atoms with Crippen LogP contribution in [0.5, 0.6) is 5.75 Å². The molecule has 0 saturated heterocycles. The van der Waals surface area contributed by atoms with E-state index in [0.717, 1.165) is 12.1 Å². The highest BCUT2D eigenvalue weighted by Gasteiger charge is 2.24. The number of methoxy groups -OCH3 is 1. The van der Waals surface area contributed by atoms with Gasteiger partial charge in [-0.2, -0.15) is 0 Å². The van der Waals surface area contributed by atoms with Crippen molar-refractivity contribution in [1.29, 1.82) is 0 Å². The van der Waals surface area contributed by atoms with Gasteiger partial charge in [-0.05, 0) is 41.8 Å². The van der Waals surface area contributed by atoms with Crippen molar-refractivity contribution in [3.63, 3.8) is 0 Å². The summed E-state index contributed by atoms with van der Waals surface area (Å²) >= 11 is 6.23. The molecule has 1 unspecified atom stereocenters. The first kappa shape index (κ1) is 29.6. The molecule has 12 heteroatoms. The molecule has 1 amide bonds. The van der Waals surface area contributed by atoms with Crippen LogP contribution in [0.4, 0.5) is 13.2 Å². The third-order valence-electron chi connectivity index (χ3n) is 6.53. The fourth-order valence-corrected chi connectivity index (χ4v) is 4.69. The number of pyridine rings is 1. The summed E-state index contributed by atoms with van der Waals surface area (Å²) in [6, 6.07) is 9.98. The van der Waals surface area contributed by atoms with Crippen LogP contribution in [0.25, 0.3) is 22.4 Å². The minimum absolute atomic E-state index is 0.106. The van der Waals surface area contributed by atoms with Gasteiger partial charge >= 0.3 is 0 Å². The van der Waals surface area contributed by atoms with Gasteiger partial charge in [0, 0.05) is 41.8 Å². The highest BCUT2D eigenvalue weighted by Crippen LogP contribution is 2.39. The van der Waals surface area contributed by atoms with Gasteiger partial charge in [0.2, 0.25) is 5.76 Å². The zero-order valence-electron chi connectivity index (χ0n) is 22.2. The summed E-state index contributed by atoms with van der Waals surface area (Å²) in [4.78, 5) is 38.4. The monoisotopic (exact) mass is 587 g/mol. The van der Waals surface area contributed by atoms with Crippen molar-refractivity contribution in [2.75, 3.05) is 14.2 Å². The van der Waals surface area contributed by atoms with Gasteiger partial charge in [-0.25, -0.2) is 13.2 Å². The summed E-state index contributed by atoms with van der Waals surface area (Å²) in [7, 11) is 2.76. The van der Waals surface area contributed by atoms with Gasteiger partial charge in [-0.1, -0.05) is 35.8 Å². The normalized spacial score (nSPS) is 11.9. The lowest BCUT2D eigenvalue weighted by Gasteiger charge is -2.20. The van der Waals surface area contributed by atoms with Gasteiger partial charge in [0.15, 0.2) is 5.78 Å². The summed E-state index contributed by atoms with van der Waals surface area (Å²) in [5.74, 6) is -2.13. The van der Waals surface area contributed by atoms with Gasteiger partial charge in [-0.15, -0.1) is 0 Å². The summed E-state index contributed by atoms with van der Waals surface area (Å²) in [6.07, 6.45) is -1.41. The van der Waals surface area contributed by atoms with Crippen LogP contribution in [0.15, 0.2) is 64.0 Å². The van der Waals surface area contributed by atoms with E-state index in [2.05, 4.69) is 10.5 Å². The van der Waals surface area contributed by atoms with Gasteiger partial charge < -0.3 is 19.1 Å². The van der Waals surface area contributed by atoms with Gasteiger partial charge in [0.1, 0.15) is 17.3 Å². The molecular formula is C29H25ClF3N3O5. The van der Waals surface area contributed by atoms with Crippen LogP contribution < -0.4 is 15.6 Å². The molecule has 41 heavy (non-hydrogen) atoms. The van der Waals surface area contributed by atoms with E-state index in [1.807, 2.05) is 0 Å². The molecule has 2 aromatic heterocycles. The Morgan fingerprint density at radius 3 is 2.46 bits per heavy atom. The molecule has 4 rings (SSSR count). The number of aromatic nitrogens is 2. The van der Waals surface area contributed by atoms with E-state index in [1.165, 1.54) is 49.2 Å². The number of hydrogen-bond donors (Lipinski definition) is 1. The Kier molecular flexibility index (Phi) is 8.97. The molecule has 4 aromatic rings. The zero-order chi connectivity index (χ0) is 29.8. The first-order chi connectivity index (χ1) is 19.6. The van der Waals surface area contributed by atoms with Crippen LogP contribution in [0.3, 0.4) is 0 Å². The number of hydrogen-bond acceptors (Lipinski definition) is 6. The molecule has 0 aliphatic heterocycles. The molecule has 0 spiro atoms. The summed E-state index contributed by atoms with van der Waals surface area (Å²) in [5, 5.41) is 6.39. The number of carbonyl (C=O) groups excluding carboxylic acids is 2. The maximum atomic E-state index is 14.4. The lowest BCUT2D eigenvalue weighted by molar-refractivity contribution is -0.121. The molecule has 0 saturated carbocycles. The number of alkyl halides is 2. The first-order valence-electron chi connectivity index (χ1n) is 12.5. The predicted molar refractivity (Wildman–Crippen MR) is 146 cm³/mol. The molecule has 0 fully saturated rings. The second kappa shape index (κ2) is 12.4. The number of rotatable bonds is 10. The minimum atomic E-state index is -2.86. The molecule has 214 valence electrons. The molecule has 1 N–H and O–H groups in total. The highest BCUT2D eigenvalue weighted by atomic mass is 35.5. The van der Waals surface area contributed by atoms with Crippen molar-refractivity contribution < 1.29 is 32.0 Å². The number of nitrogens with zero attached hydrogens (tertiary/aromatic N) is 2. The smallest absolute Gasteiger partial charge is 0.298 e. The Morgan fingerprint density at radius 1 is 1.10 bits per heavy atom. The SMILES string of the molecule is CCC(C(=O)Cc1ccc(C(=O)NC)c(F)c1)n1cc(OC)c(-c2cc(Cl)ccc2-c2cc(C(F)F)on2)cc1=O. The zero-order valence-corrected chi connectivity index (χ0v) is 23.0. The molecular weight excluding hydrogens is 563 g/mol. The number of ether oxygens (including phenoxy) is 1. The van der Waals surface area contributed by atoms with E-state index >= 15 is 0 Å². The van der Waals surface area contributed by atoms with E-state index in [9.17, 15) is 27.6 Å². The van der Waals surface area contributed by atoms with Gasteiger partial charge in [0.25, 0.3) is 17.9 Å². The fourth-order valence-electron chi connectivity index (χ4n) is 4.51. The molecule has 0 aliphatic carbocycles. The van der Waals surface area contributed by atoms with Gasteiger partial charge in [-0.3, -0.25) is 14.4 Å². The van der Waals surface area contributed by atoms with Crippen LogP contribution in [-0.4, -0.2) is 35.6 Å². The summed E-state index contributed by atoms with van der Waals surface area (Å²) in [6.45, 7) is 1.73. The second-order valence-corrected chi connectivity index (χ2v) is 9.50. The fraction of sp³-hybridized carbons (Fsp3) is 0.241. The van der Waals surface area contributed by atoms with Crippen LogP contribution >= 0.6 is 11.6 Å². The maximum absolute atomic E-state index is 14.4. The van der Waals surface area contributed by atoms with E-state index in [4.69, 9.17) is 20.9 Å². The van der Waals surface area contributed by atoms with E-state index in [0.29, 0.717) is 27.3 Å². The summed E-state index contributed by atoms with van der Waals surface area (Å²) < 4.78 is 52.2. The average Bonchev–Trinajstić information content (AvgIpc) is 3.44. The molecule has 8 nitrogen and oxygen atoms in total. The van der Waals surface area contributed by atoms with Crippen molar-refractivity contribution in [2.45, 2.75) is 32.2 Å². The van der Waals surface area contributed by atoms with Crippen LogP contribution in [0.2, 0.25) is 5.02 Å². The van der Waals surface area contributed by atoms with Crippen molar-refractivity contribution in [3.8, 4) is 28.1 Å². The first-order valence-corrected chi connectivity index (χ1v) is 12.8. The Labute approximate surface area is 237 Å². The second-order valence-electron chi connectivity index (χ2n) is 9.07. The van der Waals surface area contributed by atoms with E-state index in [-0.39, 0.29) is 35.6 Å². The van der Waals surface area contributed by atoms with Crippen molar-refractivity contribution in [3.05, 3.63) is 92.8 Å². The quantitative estimate of drug-likeness (QED) is 0.243. The Morgan fingerprint density at radius 2 is 1.85 bits per heavy atom. The largest absolute Gasteiger partial charge is 0.495 e. The van der Waals surface area contributed by atoms with Crippen molar-refractivity contribution >= 4 is 23.3 Å². The predicted octanol–water partition coefficient (Wildman–Crippen LogP) is 6.03. The van der Waals surface area contributed by atoms with Gasteiger partial charge in [0.05, 0.1) is 24.9 Å². The standard InChI is InChI=1S/C29H25ClF3N3O5/c1-4-23(24(37)10-15-5-7-18(21(31)9-15)29(39)34-2)36-14-26(40-3)20(12-27(36)38)19-11-16(30)6-8-17(19)22-13-25(28(32)33)41-35-22/h5-9,11-14,23,28H,4,10H2,1-3H3,(H,34,39). The number of carbonyl (C=O) groups is 2. The lowest BCUT2D eigenvalue weighted by Crippen LogP contribution is -2.30. The van der Waals surface area contributed by atoms with Crippen molar-refractivity contribution in [2.24, 2.45) is 0 Å². The third-order valence-corrected chi connectivity index (χ3v) is 6.77. The van der Waals surface area contributed by atoms with Crippen LogP contribution in [0, 0.1) is 5.82 Å². The molecule has 1 atom stereocenters. The number of halogens is 4. The third kappa shape index (κ3) is 6.19. The molecule has 0 bridgehead atoms. The van der Waals surface area contributed by atoms with Crippen LogP contribution in [-0.2, 0) is 11.2 Å². The molecule has 2 heterocycles. The minimum Gasteiger partial charge on any atom is -0.495 e. The number of benzene rings is 2. The van der Waals surface area contributed by atoms with E-state index < -0.39 is 35.5 Å². The lowest BCUT2D eigenvalue weighted by atomic mass is 9.96. The Bertz CT molecular complexity index is 1670. The number of nitrogens with one attached hydrogen (secondary N) is 1. The Balaban J connectivity index is 1.72. The Hall–Kier alpha value is -4.38. The number of Topliss-reactive ketones (excluding diaryl/α,β-unsaturated/α-hetero) is 1. The van der Waals surface area contributed by atoms with Crippen LogP contribution in [0.1, 0.15) is 47.5 Å². The highest BCUT2D eigenvalue weighted by molar-refractivity contribution is 6.31. The maximum Gasteiger partial charge on any atom is 0.298 e. The molecule has 0 aliphatic rings. The molecule has 2 aromatic carbocycles. The van der Waals surface area contributed by atoms with Crippen molar-refractivity contribution in [1.82, 2.24) is 15.0 Å².